The monoisotopic (exact) mass is 399 g/mol. The molecule has 1 fully saturated rings. The van der Waals surface area contributed by atoms with Crippen LogP contribution in [0.1, 0.15) is 47.2 Å². The molecule has 0 spiro atoms. The minimum absolute atomic E-state index is 0.138. The van der Waals surface area contributed by atoms with Gasteiger partial charge in [-0.1, -0.05) is 6.07 Å². The van der Waals surface area contributed by atoms with Crippen LogP contribution in [0, 0.1) is 25.6 Å². The normalized spacial score (nSPS) is 18.9. The van der Waals surface area contributed by atoms with Gasteiger partial charge in [0.1, 0.15) is 11.6 Å². The molecule has 2 aromatic rings. The summed E-state index contributed by atoms with van der Waals surface area (Å²) in [4.78, 5) is 23.3. The van der Waals surface area contributed by atoms with E-state index in [1.54, 1.807) is 19.1 Å². The summed E-state index contributed by atoms with van der Waals surface area (Å²) in [7, 11) is 3.94. The molecule has 6 nitrogen and oxygen atoms in total. The van der Waals surface area contributed by atoms with Gasteiger partial charge in [-0.25, -0.2) is 9.37 Å². The summed E-state index contributed by atoms with van der Waals surface area (Å²) < 4.78 is 13.7. The van der Waals surface area contributed by atoms with E-state index < -0.39 is 0 Å². The molecule has 29 heavy (non-hydrogen) atoms. The van der Waals surface area contributed by atoms with Crippen LogP contribution in [0.5, 0.6) is 0 Å². The average Bonchev–Trinajstić information content (AvgIpc) is 2.70. The lowest BCUT2D eigenvalue weighted by Gasteiger charge is -2.29. The molecule has 1 aromatic carbocycles. The number of halogens is 1. The summed E-state index contributed by atoms with van der Waals surface area (Å²) >= 11 is 0. The predicted octanol–water partition coefficient (Wildman–Crippen LogP) is 3.70. The van der Waals surface area contributed by atoms with E-state index in [1.165, 1.54) is 6.07 Å². The fourth-order valence-corrected chi connectivity index (χ4v) is 3.72. The third-order valence-corrected chi connectivity index (χ3v) is 5.53. The first-order chi connectivity index (χ1) is 13.8. The molecule has 7 heteroatoms. The lowest BCUT2D eigenvalue weighted by atomic mass is 9.86. The number of hydrogen-bond donors (Lipinski definition) is 2. The molecular weight excluding hydrogens is 369 g/mol. The SMILES string of the molecule is Cc1ccc(C(=O)NC2CCC(CNc3ncc(C)c(N(C)C)n3)CC2)cc1F. The van der Waals surface area contributed by atoms with Crippen LogP contribution in [0.2, 0.25) is 0 Å². The van der Waals surface area contributed by atoms with Crippen molar-refractivity contribution in [2.24, 2.45) is 5.92 Å². The summed E-state index contributed by atoms with van der Waals surface area (Å²) in [6.45, 7) is 4.51. The van der Waals surface area contributed by atoms with Gasteiger partial charge in [0, 0.05) is 44.0 Å². The van der Waals surface area contributed by atoms with Gasteiger partial charge in [0.15, 0.2) is 0 Å². The Labute approximate surface area is 171 Å². The molecule has 1 saturated carbocycles. The molecule has 0 atom stereocenters. The van der Waals surface area contributed by atoms with E-state index in [2.05, 4.69) is 20.6 Å². The molecule has 3 rings (SSSR count). The summed E-state index contributed by atoms with van der Waals surface area (Å²) in [5.41, 5.74) is 1.97. The number of hydrogen-bond acceptors (Lipinski definition) is 5. The first kappa shape index (κ1) is 21.0. The molecule has 1 aliphatic carbocycles. The van der Waals surface area contributed by atoms with Crippen LogP contribution in [-0.2, 0) is 0 Å². The highest BCUT2D eigenvalue weighted by Gasteiger charge is 2.23. The Hall–Kier alpha value is -2.70. The van der Waals surface area contributed by atoms with Crippen LogP contribution in [0.4, 0.5) is 16.2 Å². The molecule has 1 aliphatic rings. The van der Waals surface area contributed by atoms with Crippen molar-refractivity contribution < 1.29 is 9.18 Å². The van der Waals surface area contributed by atoms with Crippen LogP contribution < -0.4 is 15.5 Å². The van der Waals surface area contributed by atoms with Gasteiger partial charge in [0.2, 0.25) is 5.95 Å². The van der Waals surface area contributed by atoms with E-state index in [0.717, 1.165) is 43.6 Å². The number of anilines is 2. The zero-order chi connectivity index (χ0) is 21.0. The standard InChI is InChI=1S/C22H30FN5O/c1-14-5-8-17(11-19(14)23)21(29)26-18-9-6-16(7-10-18)13-25-22-24-12-15(2)20(27-22)28(3)4/h5,8,11-12,16,18H,6-7,9-10,13H2,1-4H3,(H,26,29)(H,24,25,27). The number of carbonyl (C=O) groups excluding carboxylic acids is 1. The summed E-state index contributed by atoms with van der Waals surface area (Å²) in [5.74, 6) is 1.54. The third kappa shape index (κ3) is 5.43. The number of aryl methyl sites for hydroxylation is 2. The zero-order valence-corrected chi connectivity index (χ0v) is 17.6. The first-order valence-electron chi connectivity index (χ1n) is 10.2. The smallest absolute Gasteiger partial charge is 0.251 e. The maximum atomic E-state index is 13.7. The molecule has 0 radical (unpaired) electrons. The van der Waals surface area contributed by atoms with Gasteiger partial charge in [-0.05, 0) is 63.1 Å². The average molecular weight is 400 g/mol. The molecule has 0 unspecified atom stereocenters. The summed E-state index contributed by atoms with van der Waals surface area (Å²) in [6, 6.07) is 4.76. The van der Waals surface area contributed by atoms with Crippen molar-refractivity contribution in [3.05, 3.63) is 46.9 Å². The predicted molar refractivity (Wildman–Crippen MR) is 114 cm³/mol. The molecular formula is C22H30FN5O. The largest absolute Gasteiger partial charge is 0.362 e. The topological polar surface area (TPSA) is 70.2 Å². The summed E-state index contributed by atoms with van der Waals surface area (Å²) in [6.07, 6.45) is 5.72. The van der Waals surface area contributed by atoms with Crippen molar-refractivity contribution in [3.63, 3.8) is 0 Å². The number of rotatable bonds is 6. The van der Waals surface area contributed by atoms with E-state index in [9.17, 15) is 9.18 Å². The highest BCUT2D eigenvalue weighted by atomic mass is 19.1. The first-order valence-corrected chi connectivity index (χ1v) is 10.2. The highest BCUT2D eigenvalue weighted by molar-refractivity contribution is 5.94. The van der Waals surface area contributed by atoms with Crippen molar-refractivity contribution in [3.8, 4) is 0 Å². The number of nitrogens with one attached hydrogen (secondary N) is 2. The quantitative estimate of drug-likeness (QED) is 0.775. The van der Waals surface area contributed by atoms with E-state index in [0.29, 0.717) is 23.0 Å². The molecule has 1 amide bonds. The van der Waals surface area contributed by atoms with Gasteiger partial charge < -0.3 is 15.5 Å². The van der Waals surface area contributed by atoms with Crippen LogP contribution in [0.3, 0.4) is 0 Å². The second kappa shape index (κ2) is 9.20. The minimum Gasteiger partial charge on any atom is -0.362 e. The van der Waals surface area contributed by atoms with Gasteiger partial charge in [-0.15, -0.1) is 0 Å². The van der Waals surface area contributed by atoms with Crippen LogP contribution in [0.15, 0.2) is 24.4 Å². The zero-order valence-electron chi connectivity index (χ0n) is 17.6. The number of carbonyl (C=O) groups is 1. The maximum absolute atomic E-state index is 13.7. The van der Waals surface area contributed by atoms with Gasteiger partial charge in [-0.3, -0.25) is 4.79 Å². The lowest BCUT2D eigenvalue weighted by Crippen LogP contribution is -2.38. The molecule has 0 aliphatic heterocycles. The van der Waals surface area contributed by atoms with Crippen molar-refractivity contribution in [1.29, 1.82) is 0 Å². The number of benzene rings is 1. The molecule has 1 aromatic heterocycles. The van der Waals surface area contributed by atoms with Crippen molar-refractivity contribution in [2.45, 2.75) is 45.6 Å². The van der Waals surface area contributed by atoms with Crippen molar-refractivity contribution in [1.82, 2.24) is 15.3 Å². The molecule has 156 valence electrons. The molecule has 0 bridgehead atoms. The van der Waals surface area contributed by atoms with Gasteiger partial charge >= 0.3 is 0 Å². The van der Waals surface area contributed by atoms with Crippen LogP contribution in [-0.4, -0.2) is 42.6 Å². The highest BCUT2D eigenvalue weighted by Crippen LogP contribution is 2.25. The Balaban J connectivity index is 1.46. The Kier molecular flexibility index (Phi) is 6.67. The summed E-state index contributed by atoms with van der Waals surface area (Å²) in [5, 5.41) is 6.40. The van der Waals surface area contributed by atoms with Crippen molar-refractivity contribution in [2.75, 3.05) is 30.9 Å². The Bertz CT molecular complexity index is 862. The maximum Gasteiger partial charge on any atom is 0.251 e. The Morgan fingerprint density at radius 2 is 1.90 bits per heavy atom. The van der Waals surface area contributed by atoms with Crippen LogP contribution in [0.25, 0.3) is 0 Å². The Morgan fingerprint density at radius 3 is 2.55 bits per heavy atom. The van der Waals surface area contributed by atoms with E-state index >= 15 is 0 Å². The van der Waals surface area contributed by atoms with Crippen LogP contribution >= 0.6 is 0 Å². The van der Waals surface area contributed by atoms with E-state index in [4.69, 9.17) is 0 Å². The second-order valence-electron chi connectivity index (χ2n) is 8.13. The molecule has 1 heterocycles. The van der Waals surface area contributed by atoms with E-state index in [1.807, 2.05) is 32.1 Å². The Morgan fingerprint density at radius 1 is 1.17 bits per heavy atom. The third-order valence-electron chi connectivity index (χ3n) is 5.53. The van der Waals surface area contributed by atoms with Gasteiger partial charge in [-0.2, -0.15) is 4.98 Å². The van der Waals surface area contributed by atoms with E-state index in [-0.39, 0.29) is 17.8 Å². The van der Waals surface area contributed by atoms with Gasteiger partial charge in [0.25, 0.3) is 5.91 Å². The fraction of sp³-hybridized carbons (Fsp3) is 0.500. The number of nitrogens with zero attached hydrogens (tertiary/aromatic N) is 3. The van der Waals surface area contributed by atoms with Crippen molar-refractivity contribution >= 4 is 17.7 Å². The molecule has 2 N–H and O–H groups in total. The lowest BCUT2D eigenvalue weighted by molar-refractivity contribution is 0.0922. The van der Waals surface area contributed by atoms with Gasteiger partial charge in [0.05, 0.1) is 0 Å². The minimum atomic E-state index is -0.344. The fourth-order valence-electron chi connectivity index (χ4n) is 3.72. The number of aromatic nitrogens is 2. The second-order valence-corrected chi connectivity index (χ2v) is 8.13. The number of amides is 1. The molecule has 0 saturated heterocycles.